The minimum atomic E-state index is -0.0340. The minimum absolute atomic E-state index is 0.0340. The lowest BCUT2D eigenvalue weighted by molar-refractivity contribution is -0.124. The monoisotopic (exact) mass is 233 g/mol. The number of carbonyl (C=O) groups is 2. The summed E-state index contributed by atoms with van der Waals surface area (Å²) in [5, 5.41) is 2.82. The molecule has 92 valence electrons. The first-order chi connectivity index (χ1) is 8.18. The van der Waals surface area contributed by atoms with Crippen LogP contribution in [0.25, 0.3) is 0 Å². The quantitative estimate of drug-likeness (QED) is 0.733. The van der Waals surface area contributed by atoms with Gasteiger partial charge < -0.3 is 10.1 Å². The van der Waals surface area contributed by atoms with Gasteiger partial charge in [0, 0.05) is 19.4 Å². The van der Waals surface area contributed by atoms with Crippen LogP contribution < -0.4 is 5.32 Å². The Bertz CT molecular complexity index is 360. The van der Waals surface area contributed by atoms with Crippen molar-refractivity contribution in [3.63, 3.8) is 0 Å². The summed E-state index contributed by atoms with van der Waals surface area (Å²) in [5.74, 6) is 0.0256. The molecule has 3 heteroatoms. The molecule has 0 fully saturated rings. The summed E-state index contributed by atoms with van der Waals surface area (Å²) in [5.41, 5.74) is 1.28. The number of hydrogen-bond donors (Lipinski definition) is 1. The van der Waals surface area contributed by atoms with Gasteiger partial charge in [-0.1, -0.05) is 30.3 Å². The van der Waals surface area contributed by atoms with Crippen LogP contribution in [0.3, 0.4) is 0 Å². The molecule has 1 aromatic rings. The molecule has 1 aromatic carbocycles. The molecule has 0 aromatic heterocycles. The second-order valence-corrected chi connectivity index (χ2v) is 4.14. The first kappa shape index (κ1) is 13.4. The van der Waals surface area contributed by atoms with E-state index in [1.165, 1.54) is 12.5 Å². The molecule has 0 aliphatic heterocycles. The average Bonchev–Trinajstić information content (AvgIpc) is 2.33. The summed E-state index contributed by atoms with van der Waals surface area (Å²) in [4.78, 5) is 22.0. The van der Waals surface area contributed by atoms with E-state index in [2.05, 4.69) is 17.4 Å². The Morgan fingerprint density at radius 3 is 2.47 bits per heavy atom. The third-order valence-electron chi connectivity index (χ3n) is 2.51. The molecular weight excluding hydrogens is 214 g/mol. The van der Waals surface area contributed by atoms with Crippen molar-refractivity contribution in [1.29, 1.82) is 0 Å². The van der Waals surface area contributed by atoms with E-state index < -0.39 is 0 Å². The summed E-state index contributed by atoms with van der Waals surface area (Å²) >= 11 is 0. The van der Waals surface area contributed by atoms with Gasteiger partial charge in [-0.15, -0.1) is 0 Å². The molecule has 1 amide bonds. The molecule has 0 unspecified atom stereocenters. The van der Waals surface area contributed by atoms with Crippen molar-refractivity contribution in [3.8, 4) is 0 Å². The molecule has 3 nitrogen and oxygen atoms in total. The zero-order chi connectivity index (χ0) is 12.5. The zero-order valence-electron chi connectivity index (χ0n) is 10.2. The van der Waals surface area contributed by atoms with Gasteiger partial charge >= 0.3 is 0 Å². The van der Waals surface area contributed by atoms with Crippen LogP contribution >= 0.6 is 0 Å². The lowest BCUT2D eigenvalue weighted by Crippen LogP contribution is -2.24. The van der Waals surface area contributed by atoms with E-state index in [0.717, 1.165) is 12.8 Å². The maximum atomic E-state index is 11.3. The first-order valence-electron chi connectivity index (χ1n) is 5.98. The maximum absolute atomic E-state index is 11.3. The number of Topliss-reactive ketones (excluding diaryl/α,β-unsaturated/α-hetero) is 1. The average molecular weight is 233 g/mol. The topological polar surface area (TPSA) is 46.2 Å². The molecule has 0 saturated carbocycles. The van der Waals surface area contributed by atoms with E-state index in [-0.39, 0.29) is 11.7 Å². The van der Waals surface area contributed by atoms with Crippen LogP contribution in [0.2, 0.25) is 0 Å². The van der Waals surface area contributed by atoms with Crippen LogP contribution in [-0.4, -0.2) is 18.2 Å². The van der Waals surface area contributed by atoms with E-state index in [4.69, 9.17) is 0 Å². The van der Waals surface area contributed by atoms with Crippen LogP contribution in [0.5, 0.6) is 0 Å². The zero-order valence-corrected chi connectivity index (χ0v) is 10.2. The van der Waals surface area contributed by atoms with Crippen LogP contribution in [0.15, 0.2) is 30.3 Å². The Labute approximate surface area is 102 Å². The normalized spacial score (nSPS) is 9.94. The minimum Gasteiger partial charge on any atom is -0.356 e. The molecule has 0 saturated heterocycles. The number of amides is 1. The number of hydrogen-bond acceptors (Lipinski definition) is 2. The Hall–Kier alpha value is -1.64. The number of carbonyl (C=O) groups excluding carboxylic acids is 2. The Kier molecular flexibility index (Phi) is 6.00. The van der Waals surface area contributed by atoms with Gasteiger partial charge in [0.25, 0.3) is 0 Å². The summed E-state index contributed by atoms with van der Waals surface area (Å²) in [7, 11) is 0. The van der Waals surface area contributed by atoms with Gasteiger partial charge in [-0.25, -0.2) is 0 Å². The highest BCUT2D eigenvalue weighted by atomic mass is 16.2. The first-order valence-corrected chi connectivity index (χ1v) is 5.98. The van der Waals surface area contributed by atoms with E-state index >= 15 is 0 Å². The predicted octanol–water partition coefficient (Wildman–Crippen LogP) is 2.10. The third kappa shape index (κ3) is 6.51. The van der Waals surface area contributed by atoms with Crippen molar-refractivity contribution >= 4 is 11.7 Å². The van der Waals surface area contributed by atoms with Crippen LogP contribution in [0, 0.1) is 0 Å². The van der Waals surface area contributed by atoms with Gasteiger partial charge in [-0.2, -0.15) is 0 Å². The van der Waals surface area contributed by atoms with Gasteiger partial charge in [0.05, 0.1) is 0 Å². The third-order valence-corrected chi connectivity index (χ3v) is 2.51. The predicted molar refractivity (Wildman–Crippen MR) is 67.7 cm³/mol. The molecule has 0 bridgehead atoms. The summed E-state index contributed by atoms with van der Waals surface area (Å²) in [6, 6.07) is 10.2. The number of rotatable bonds is 7. The van der Waals surface area contributed by atoms with Gasteiger partial charge in [0.2, 0.25) is 5.91 Å². The van der Waals surface area contributed by atoms with Crippen molar-refractivity contribution in [2.75, 3.05) is 6.54 Å². The van der Waals surface area contributed by atoms with E-state index in [9.17, 15) is 9.59 Å². The second kappa shape index (κ2) is 7.60. The van der Waals surface area contributed by atoms with Crippen molar-refractivity contribution < 1.29 is 9.59 Å². The van der Waals surface area contributed by atoms with Crippen molar-refractivity contribution in [1.82, 2.24) is 5.32 Å². The maximum Gasteiger partial charge on any atom is 0.220 e. The van der Waals surface area contributed by atoms with Crippen molar-refractivity contribution in [3.05, 3.63) is 35.9 Å². The summed E-state index contributed by atoms with van der Waals surface area (Å²) in [6.07, 6.45) is 2.54. The van der Waals surface area contributed by atoms with Gasteiger partial charge in [-0.3, -0.25) is 4.79 Å². The lowest BCUT2D eigenvalue weighted by atomic mass is 10.1. The molecule has 0 aliphatic rings. The number of nitrogens with one attached hydrogen (secondary N) is 1. The molecule has 1 rings (SSSR count). The van der Waals surface area contributed by atoms with Gasteiger partial charge in [0.1, 0.15) is 5.78 Å². The number of benzene rings is 1. The highest BCUT2D eigenvalue weighted by Gasteiger charge is 2.02. The highest BCUT2D eigenvalue weighted by molar-refractivity contribution is 5.83. The molecule has 0 atom stereocenters. The smallest absolute Gasteiger partial charge is 0.220 e. The largest absolute Gasteiger partial charge is 0.356 e. The summed E-state index contributed by atoms with van der Waals surface area (Å²) < 4.78 is 0. The highest BCUT2D eigenvalue weighted by Crippen LogP contribution is 2.01. The molecular formula is C14H19NO2. The molecule has 0 heterocycles. The fourth-order valence-electron chi connectivity index (χ4n) is 1.54. The standard InChI is InChI=1S/C14H19NO2/c1-12(16)9-10-14(17)15-11-5-8-13-6-3-2-4-7-13/h2-4,6-7H,5,8-11H2,1H3,(H,15,17). The molecule has 1 N–H and O–H groups in total. The SMILES string of the molecule is CC(=O)CCC(=O)NCCCc1ccccc1. The van der Waals surface area contributed by atoms with E-state index in [1.54, 1.807) is 0 Å². The van der Waals surface area contributed by atoms with Crippen LogP contribution in [-0.2, 0) is 16.0 Å². The molecule has 17 heavy (non-hydrogen) atoms. The van der Waals surface area contributed by atoms with Crippen LogP contribution in [0.4, 0.5) is 0 Å². The molecule has 0 radical (unpaired) electrons. The Morgan fingerprint density at radius 2 is 1.82 bits per heavy atom. The fraction of sp³-hybridized carbons (Fsp3) is 0.429. The van der Waals surface area contributed by atoms with E-state index in [1.807, 2.05) is 18.2 Å². The van der Waals surface area contributed by atoms with Crippen molar-refractivity contribution in [2.24, 2.45) is 0 Å². The number of aryl methyl sites for hydroxylation is 1. The van der Waals surface area contributed by atoms with Crippen LogP contribution in [0.1, 0.15) is 31.7 Å². The molecule has 0 aliphatic carbocycles. The Morgan fingerprint density at radius 1 is 1.12 bits per heavy atom. The fourth-order valence-corrected chi connectivity index (χ4v) is 1.54. The second-order valence-electron chi connectivity index (χ2n) is 4.14. The van der Waals surface area contributed by atoms with Gasteiger partial charge in [0.15, 0.2) is 0 Å². The van der Waals surface area contributed by atoms with E-state index in [0.29, 0.717) is 19.4 Å². The lowest BCUT2D eigenvalue weighted by Gasteiger charge is -2.04. The summed E-state index contributed by atoms with van der Waals surface area (Å²) in [6.45, 7) is 2.17. The van der Waals surface area contributed by atoms with Gasteiger partial charge in [-0.05, 0) is 25.3 Å². The Balaban J connectivity index is 2.08. The van der Waals surface area contributed by atoms with Crippen molar-refractivity contribution in [2.45, 2.75) is 32.6 Å². The molecule has 0 spiro atoms. The number of ketones is 1.